The van der Waals surface area contributed by atoms with Crippen LogP contribution in [0.1, 0.15) is 5.56 Å². The number of para-hydroxylation sites is 1. The summed E-state index contributed by atoms with van der Waals surface area (Å²) >= 11 is 0. The summed E-state index contributed by atoms with van der Waals surface area (Å²) in [5, 5.41) is 3.19. The molecule has 0 radical (unpaired) electrons. The van der Waals surface area contributed by atoms with E-state index in [1.165, 1.54) is 0 Å². The first-order valence-electron chi connectivity index (χ1n) is 4.75. The van der Waals surface area contributed by atoms with Crippen molar-refractivity contribution in [1.29, 1.82) is 0 Å². The molecule has 1 aliphatic heterocycles. The predicted octanol–water partition coefficient (Wildman–Crippen LogP) is 1.27. The van der Waals surface area contributed by atoms with Crippen LogP contribution in [-0.2, 0) is 0 Å². The Labute approximate surface area is 84.3 Å². The summed E-state index contributed by atoms with van der Waals surface area (Å²) in [4.78, 5) is 0. The summed E-state index contributed by atoms with van der Waals surface area (Å²) in [6.07, 6.45) is 0. The molecule has 0 unspecified atom stereocenters. The third-order valence-electron chi connectivity index (χ3n) is 2.30. The molecule has 2 rings (SSSR count). The lowest BCUT2D eigenvalue weighted by molar-refractivity contribution is 0.413. The van der Waals surface area contributed by atoms with Crippen molar-refractivity contribution in [3.63, 3.8) is 0 Å². The highest BCUT2D eigenvalue weighted by atomic mass is 16.5. The maximum Gasteiger partial charge on any atom is 0.134 e. The van der Waals surface area contributed by atoms with Gasteiger partial charge in [-0.1, -0.05) is 24.0 Å². The van der Waals surface area contributed by atoms with Gasteiger partial charge in [0.15, 0.2) is 0 Å². The van der Waals surface area contributed by atoms with E-state index in [4.69, 9.17) is 4.74 Å². The Morgan fingerprint density at radius 3 is 2.79 bits per heavy atom. The smallest absolute Gasteiger partial charge is 0.134 e. The molecule has 0 amide bonds. The number of nitrogens with one attached hydrogen (secondary N) is 1. The SMILES string of the molecule is COc1ccccc1C#CC1CNC1. The zero-order valence-corrected chi connectivity index (χ0v) is 8.21. The lowest BCUT2D eigenvalue weighted by Gasteiger charge is -2.21. The van der Waals surface area contributed by atoms with Crippen molar-refractivity contribution in [1.82, 2.24) is 5.32 Å². The minimum Gasteiger partial charge on any atom is -0.495 e. The molecule has 1 N–H and O–H groups in total. The molecule has 1 heterocycles. The molecule has 0 spiro atoms. The zero-order chi connectivity index (χ0) is 9.80. The fourth-order valence-electron chi connectivity index (χ4n) is 1.32. The molecular weight excluding hydrogens is 174 g/mol. The molecule has 2 heteroatoms. The second-order valence-electron chi connectivity index (χ2n) is 3.32. The Kier molecular flexibility index (Phi) is 2.71. The van der Waals surface area contributed by atoms with Crippen LogP contribution in [0.5, 0.6) is 5.75 Å². The molecular formula is C12H13NO. The summed E-state index contributed by atoms with van der Waals surface area (Å²) in [6, 6.07) is 7.85. The van der Waals surface area contributed by atoms with Gasteiger partial charge in [0.05, 0.1) is 12.7 Å². The number of benzene rings is 1. The molecule has 0 aromatic heterocycles. The number of ether oxygens (including phenoxy) is 1. The van der Waals surface area contributed by atoms with Crippen molar-refractivity contribution in [3.8, 4) is 17.6 Å². The first-order chi connectivity index (χ1) is 6.90. The van der Waals surface area contributed by atoms with Gasteiger partial charge in [-0.2, -0.15) is 0 Å². The fraction of sp³-hybridized carbons (Fsp3) is 0.333. The van der Waals surface area contributed by atoms with Crippen molar-refractivity contribution in [2.24, 2.45) is 5.92 Å². The third kappa shape index (κ3) is 1.89. The largest absolute Gasteiger partial charge is 0.495 e. The van der Waals surface area contributed by atoms with Crippen LogP contribution in [0, 0.1) is 17.8 Å². The van der Waals surface area contributed by atoms with Crippen LogP contribution in [0.15, 0.2) is 24.3 Å². The molecule has 14 heavy (non-hydrogen) atoms. The number of hydrogen-bond acceptors (Lipinski definition) is 2. The van der Waals surface area contributed by atoms with Crippen LogP contribution in [0.2, 0.25) is 0 Å². The summed E-state index contributed by atoms with van der Waals surface area (Å²) in [5.41, 5.74) is 0.974. The average molecular weight is 187 g/mol. The first kappa shape index (κ1) is 9.11. The van der Waals surface area contributed by atoms with E-state index in [1.807, 2.05) is 24.3 Å². The lowest BCUT2D eigenvalue weighted by Crippen LogP contribution is -2.40. The maximum atomic E-state index is 5.21. The van der Waals surface area contributed by atoms with Crippen molar-refractivity contribution >= 4 is 0 Å². The predicted molar refractivity (Wildman–Crippen MR) is 56.2 cm³/mol. The molecule has 72 valence electrons. The Hall–Kier alpha value is -1.46. The summed E-state index contributed by atoms with van der Waals surface area (Å²) < 4.78 is 5.21. The van der Waals surface area contributed by atoms with Gasteiger partial charge in [0.1, 0.15) is 5.75 Å². The average Bonchev–Trinajstić information content (AvgIpc) is 2.16. The van der Waals surface area contributed by atoms with Crippen molar-refractivity contribution in [2.45, 2.75) is 0 Å². The standard InChI is InChI=1S/C12H13NO/c1-14-12-5-3-2-4-11(12)7-6-10-8-13-9-10/h2-5,10,13H,8-9H2,1H3. The van der Waals surface area contributed by atoms with Gasteiger partial charge in [-0.05, 0) is 12.1 Å². The highest BCUT2D eigenvalue weighted by Gasteiger charge is 2.12. The van der Waals surface area contributed by atoms with Crippen LogP contribution < -0.4 is 10.1 Å². The van der Waals surface area contributed by atoms with Gasteiger partial charge in [-0.15, -0.1) is 0 Å². The highest BCUT2D eigenvalue weighted by molar-refractivity contribution is 5.46. The van der Waals surface area contributed by atoms with Gasteiger partial charge in [-0.3, -0.25) is 0 Å². The van der Waals surface area contributed by atoms with Crippen molar-refractivity contribution < 1.29 is 4.74 Å². The van der Waals surface area contributed by atoms with Gasteiger partial charge in [0.25, 0.3) is 0 Å². The minimum absolute atomic E-state index is 0.514. The van der Waals surface area contributed by atoms with Crippen LogP contribution >= 0.6 is 0 Å². The van der Waals surface area contributed by atoms with Gasteiger partial charge in [0.2, 0.25) is 0 Å². The topological polar surface area (TPSA) is 21.3 Å². The molecule has 1 aromatic carbocycles. The van der Waals surface area contributed by atoms with E-state index in [0.29, 0.717) is 5.92 Å². The van der Waals surface area contributed by atoms with Gasteiger partial charge in [0, 0.05) is 19.0 Å². The molecule has 0 atom stereocenters. The van der Waals surface area contributed by atoms with E-state index in [0.717, 1.165) is 24.4 Å². The number of methoxy groups -OCH3 is 1. The van der Waals surface area contributed by atoms with Crippen LogP contribution in [-0.4, -0.2) is 20.2 Å². The van der Waals surface area contributed by atoms with E-state index in [2.05, 4.69) is 17.2 Å². The van der Waals surface area contributed by atoms with E-state index < -0.39 is 0 Å². The maximum absolute atomic E-state index is 5.21. The normalized spacial score (nSPS) is 15.2. The summed E-state index contributed by atoms with van der Waals surface area (Å²) in [6.45, 7) is 2.03. The quantitative estimate of drug-likeness (QED) is 0.668. The number of rotatable bonds is 1. The molecule has 2 nitrogen and oxygen atoms in total. The van der Waals surface area contributed by atoms with Crippen LogP contribution in [0.3, 0.4) is 0 Å². The Morgan fingerprint density at radius 2 is 2.14 bits per heavy atom. The monoisotopic (exact) mass is 187 g/mol. The van der Waals surface area contributed by atoms with Crippen LogP contribution in [0.25, 0.3) is 0 Å². The molecule has 1 fully saturated rings. The Bertz CT molecular complexity index is 371. The lowest BCUT2D eigenvalue weighted by atomic mass is 10.0. The second-order valence-corrected chi connectivity index (χ2v) is 3.32. The van der Waals surface area contributed by atoms with Crippen LogP contribution in [0.4, 0.5) is 0 Å². The minimum atomic E-state index is 0.514. The van der Waals surface area contributed by atoms with Gasteiger partial charge >= 0.3 is 0 Å². The first-order valence-corrected chi connectivity index (χ1v) is 4.75. The molecule has 1 saturated heterocycles. The number of hydrogen-bond donors (Lipinski definition) is 1. The fourth-order valence-corrected chi connectivity index (χ4v) is 1.32. The Balaban J connectivity index is 2.16. The van der Waals surface area contributed by atoms with Gasteiger partial charge in [-0.25, -0.2) is 0 Å². The molecule has 1 aliphatic rings. The van der Waals surface area contributed by atoms with Crippen molar-refractivity contribution in [3.05, 3.63) is 29.8 Å². The third-order valence-corrected chi connectivity index (χ3v) is 2.30. The van der Waals surface area contributed by atoms with Gasteiger partial charge < -0.3 is 10.1 Å². The molecule has 1 aromatic rings. The van der Waals surface area contributed by atoms with E-state index in [-0.39, 0.29) is 0 Å². The van der Waals surface area contributed by atoms with Crippen molar-refractivity contribution in [2.75, 3.05) is 20.2 Å². The Morgan fingerprint density at radius 1 is 1.36 bits per heavy atom. The van der Waals surface area contributed by atoms with E-state index in [9.17, 15) is 0 Å². The molecule has 0 aliphatic carbocycles. The summed E-state index contributed by atoms with van der Waals surface area (Å²) in [5.74, 6) is 7.74. The summed E-state index contributed by atoms with van der Waals surface area (Å²) in [7, 11) is 1.67. The van der Waals surface area contributed by atoms with E-state index >= 15 is 0 Å². The molecule has 0 saturated carbocycles. The highest BCUT2D eigenvalue weighted by Crippen LogP contribution is 2.15. The zero-order valence-electron chi connectivity index (χ0n) is 8.21. The van der Waals surface area contributed by atoms with E-state index in [1.54, 1.807) is 7.11 Å². The molecule has 0 bridgehead atoms. The second kappa shape index (κ2) is 4.17.